The van der Waals surface area contributed by atoms with Crippen LogP contribution in [-0.2, 0) is 22.9 Å². The monoisotopic (exact) mass is 454 g/mol. The van der Waals surface area contributed by atoms with Gasteiger partial charge in [0.25, 0.3) is 5.91 Å². The highest BCUT2D eigenvalue weighted by Crippen LogP contribution is 2.27. The molecule has 0 atom stereocenters. The van der Waals surface area contributed by atoms with Gasteiger partial charge in [0.15, 0.2) is 0 Å². The van der Waals surface area contributed by atoms with Gasteiger partial charge in [-0.2, -0.15) is 4.31 Å². The number of fused-ring (bicyclic) bond motifs is 1. The van der Waals surface area contributed by atoms with Gasteiger partial charge >= 0.3 is 0 Å². The number of nitrogens with zero attached hydrogens (tertiary/aromatic N) is 2. The summed E-state index contributed by atoms with van der Waals surface area (Å²) in [6, 6.07) is 7.31. The zero-order valence-corrected chi connectivity index (χ0v) is 17.4. The van der Waals surface area contributed by atoms with Gasteiger partial charge in [0.2, 0.25) is 10.0 Å². The second-order valence-electron chi connectivity index (χ2n) is 6.62. The maximum Gasteiger partial charge on any atom is 0.254 e. The SMILES string of the molecule is O=C(c1csc(Br)c1)N1CCN(S(=O)(=O)c2ccc3c(c2)CCC3)CC1. The fourth-order valence-corrected chi connectivity index (χ4v) is 6.20. The van der Waals surface area contributed by atoms with Crippen molar-refractivity contribution in [2.75, 3.05) is 26.2 Å². The van der Waals surface area contributed by atoms with Crippen molar-refractivity contribution in [2.45, 2.75) is 24.2 Å². The van der Waals surface area contributed by atoms with Gasteiger partial charge in [-0.15, -0.1) is 11.3 Å². The smallest absolute Gasteiger partial charge is 0.254 e. The van der Waals surface area contributed by atoms with Crippen molar-refractivity contribution in [1.29, 1.82) is 0 Å². The molecule has 1 amide bonds. The van der Waals surface area contributed by atoms with E-state index in [0.29, 0.717) is 36.6 Å². The molecule has 138 valence electrons. The number of carbonyl (C=O) groups is 1. The molecule has 1 aromatic heterocycles. The van der Waals surface area contributed by atoms with Crippen molar-refractivity contribution in [1.82, 2.24) is 9.21 Å². The predicted molar refractivity (Wildman–Crippen MR) is 105 cm³/mol. The van der Waals surface area contributed by atoms with Gasteiger partial charge in [0.05, 0.1) is 14.2 Å². The van der Waals surface area contributed by atoms with Crippen LogP contribution in [0.25, 0.3) is 0 Å². The first-order valence-electron chi connectivity index (χ1n) is 8.60. The normalized spacial score (nSPS) is 18.1. The van der Waals surface area contributed by atoms with Gasteiger partial charge in [-0.1, -0.05) is 6.07 Å². The molecule has 4 rings (SSSR count). The summed E-state index contributed by atoms with van der Waals surface area (Å²) in [5.74, 6) is -0.0403. The molecular weight excluding hydrogens is 436 g/mol. The second kappa shape index (κ2) is 7.07. The number of hydrogen-bond donors (Lipinski definition) is 0. The standard InChI is InChI=1S/C18H19BrN2O3S2/c19-17-11-15(12-25-17)18(22)20-6-8-21(9-7-20)26(23,24)16-5-4-13-2-1-3-14(13)10-16/h4-5,10-12H,1-3,6-9H2. The lowest BCUT2D eigenvalue weighted by molar-refractivity contribution is 0.0698. The zero-order valence-electron chi connectivity index (χ0n) is 14.2. The molecule has 0 radical (unpaired) electrons. The topological polar surface area (TPSA) is 57.7 Å². The average molecular weight is 455 g/mol. The molecule has 2 aromatic rings. The molecule has 1 aliphatic heterocycles. The molecule has 0 unspecified atom stereocenters. The maximum absolute atomic E-state index is 13.0. The number of thiophene rings is 1. The predicted octanol–water partition coefficient (Wildman–Crippen LogP) is 3.15. The van der Waals surface area contributed by atoms with Crippen LogP contribution in [0, 0.1) is 0 Å². The third-order valence-electron chi connectivity index (χ3n) is 5.05. The molecule has 1 aromatic carbocycles. The first kappa shape index (κ1) is 18.2. The molecule has 0 bridgehead atoms. The van der Waals surface area contributed by atoms with Gasteiger partial charge in [0, 0.05) is 31.6 Å². The van der Waals surface area contributed by atoms with Crippen molar-refractivity contribution < 1.29 is 13.2 Å². The molecule has 1 fully saturated rings. The zero-order chi connectivity index (χ0) is 18.3. The van der Waals surface area contributed by atoms with Gasteiger partial charge in [0.1, 0.15) is 0 Å². The van der Waals surface area contributed by atoms with E-state index in [9.17, 15) is 13.2 Å². The lowest BCUT2D eigenvalue weighted by Gasteiger charge is -2.34. The summed E-state index contributed by atoms with van der Waals surface area (Å²) in [6.07, 6.45) is 3.09. The van der Waals surface area contributed by atoms with Gasteiger partial charge in [-0.3, -0.25) is 4.79 Å². The van der Waals surface area contributed by atoms with Gasteiger partial charge < -0.3 is 4.90 Å². The molecule has 2 aliphatic rings. The van der Waals surface area contributed by atoms with Crippen molar-refractivity contribution in [3.8, 4) is 0 Å². The van der Waals surface area contributed by atoms with E-state index in [0.717, 1.165) is 28.6 Å². The highest BCUT2D eigenvalue weighted by Gasteiger charge is 2.31. The molecule has 1 aliphatic carbocycles. The van der Waals surface area contributed by atoms with E-state index in [1.165, 1.54) is 21.2 Å². The molecule has 8 heteroatoms. The Morgan fingerprint density at radius 3 is 2.46 bits per heavy atom. The number of aryl methyl sites for hydroxylation is 2. The van der Waals surface area contributed by atoms with Crippen LogP contribution in [0.4, 0.5) is 0 Å². The number of carbonyl (C=O) groups excluding carboxylic acids is 1. The third kappa shape index (κ3) is 3.35. The molecule has 0 spiro atoms. The number of amides is 1. The minimum Gasteiger partial charge on any atom is -0.336 e. The summed E-state index contributed by atoms with van der Waals surface area (Å²) < 4.78 is 28.3. The van der Waals surface area contributed by atoms with Crippen LogP contribution in [0.5, 0.6) is 0 Å². The number of sulfonamides is 1. The van der Waals surface area contributed by atoms with E-state index in [-0.39, 0.29) is 5.91 Å². The number of rotatable bonds is 3. The Morgan fingerprint density at radius 2 is 1.77 bits per heavy atom. The lowest BCUT2D eigenvalue weighted by atomic mass is 10.1. The summed E-state index contributed by atoms with van der Waals surface area (Å²) in [6.45, 7) is 1.49. The summed E-state index contributed by atoms with van der Waals surface area (Å²) in [7, 11) is -3.50. The molecular formula is C18H19BrN2O3S2. The molecule has 2 heterocycles. The summed E-state index contributed by atoms with van der Waals surface area (Å²) in [5.41, 5.74) is 3.07. The van der Waals surface area contributed by atoms with Gasteiger partial charge in [-0.25, -0.2) is 8.42 Å². The molecule has 26 heavy (non-hydrogen) atoms. The van der Waals surface area contributed by atoms with Crippen molar-refractivity contribution in [3.63, 3.8) is 0 Å². The Kier molecular flexibility index (Phi) is 4.94. The highest BCUT2D eigenvalue weighted by atomic mass is 79.9. The van der Waals surface area contributed by atoms with Crippen LogP contribution in [0.2, 0.25) is 0 Å². The fourth-order valence-electron chi connectivity index (χ4n) is 3.59. The van der Waals surface area contributed by atoms with E-state index in [1.807, 2.05) is 17.5 Å². The first-order valence-corrected chi connectivity index (χ1v) is 11.7. The number of benzene rings is 1. The number of hydrogen-bond acceptors (Lipinski definition) is 4. The van der Waals surface area contributed by atoms with Crippen LogP contribution in [-0.4, -0.2) is 49.7 Å². The van der Waals surface area contributed by atoms with E-state index < -0.39 is 10.0 Å². The minimum absolute atomic E-state index is 0.0403. The largest absolute Gasteiger partial charge is 0.336 e. The average Bonchev–Trinajstić information content (AvgIpc) is 3.29. The van der Waals surface area contributed by atoms with Crippen molar-refractivity contribution in [3.05, 3.63) is 50.1 Å². The molecule has 0 N–H and O–H groups in total. The Hall–Kier alpha value is -1.22. The Morgan fingerprint density at radius 1 is 1.04 bits per heavy atom. The second-order valence-corrected chi connectivity index (χ2v) is 10.8. The summed E-state index contributed by atoms with van der Waals surface area (Å²) in [5, 5.41) is 1.82. The summed E-state index contributed by atoms with van der Waals surface area (Å²) >= 11 is 4.84. The van der Waals surface area contributed by atoms with Crippen LogP contribution >= 0.6 is 27.3 Å². The van der Waals surface area contributed by atoms with Crippen LogP contribution in [0.1, 0.15) is 27.9 Å². The van der Waals surface area contributed by atoms with Crippen molar-refractivity contribution >= 4 is 43.2 Å². The molecule has 1 saturated heterocycles. The first-order chi connectivity index (χ1) is 12.4. The lowest BCUT2D eigenvalue weighted by Crippen LogP contribution is -2.50. The molecule has 0 saturated carbocycles. The van der Waals surface area contributed by atoms with E-state index >= 15 is 0 Å². The quantitative estimate of drug-likeness (QED) is 0.715. The Balaban J connectivity index is 1.46. The number of piperazine rings is 1. The molecule has 5 nitrogen and oxygen atoms in total. The highest BCUT2D eigenvalue weighted by molar-refractivity contribution is 9.11. The Labute approximate surface area is 165 Å². The maximum atomic E-state index is 13.0. The van der Waals surface area contributed by atoms with E-state index in [1.54, 1.807) is 17.0 Å². The fraction of sp³-hybridized carbons (Fsp3) is 0.389. The number of halogens is 1. The summed E-state index contributed by atoms with van der Waals surface area (Å²) in [4.78, 5) is 14.6. The Bertz CT molecular complexity index is 947. The van der Waals surface area contributed by atoms with E-state index in [2.05, 4.69) is 15.9 Å². The van der Waals surface area contributed by atoms with Crippen molar-refractivity contribution in [2.24, 2.45) is 0 Å². The minimum atomic E-state index is -3.50. The van der Waals surface area contributed by atoms with E-state index in [4.69, 9.17) is 0 Å². The van der Waals surface area contributed by atoms with Crippen LogP contribution in [0.3, 0.4) is 0 Å². The van der Waals surface area contributed by atoms with Gasteiger partial charge in [-0.05, 0) is 64.5 Å². The van der Waals surface area contributed by atoms with Crippen LogP contribution in [0.15, 0.2) is 38.3 Å². The van der Waals surface area contributed by atoms with Crippen LogP contribution < -0.4 is 0 Å². The third-order valence-corrected chi connectivity index (χ3v) is 8.45.